The Morgan fingerprint density at radius 2 is 1.56 bits per heavy atom. The van der Waals surface area contributed by atoms with Gasteiger partial charge in [0.25, 0.3) is 0 Å². The van der Waals surface area contributed by atoms with Crippen molar-refractivity contribution in [3.05, 3.63) is 100 Å². The molecule has 1 fully saturated rings. The summed E-state index contributed by atoms with van der Waals surface area (Å²) in [4.78, 5) is 1.39. The molecule has 5 rings (SSSR count). The van der Waals surface area contributed by atoms with Gasteiger partial charge in [0, 0.05) is 24.7 Å². The van der Waals surface area contributed by atoms with Crippen LogP contribution in [0.25, 0.3) is 0 Å². The molecule has 0 bridgehead atoms. The third-order valence-electron chi connectivity index (χ3n) is 8.32. The number of fused-ring (bicyclic) bond motifs is 3. The second kappa shape index (κ2) is 10.3. The molecule has 0 aromatic heterocycles. The van der Waals surface area contributed by atoms with Gasteiger partial charge >= 0.3 is 18.0 Å². The highest BCUT2D eigenvalue weighted by Gasteiger charge is 2.73. The highest BCUT2D eigenvalue weighted by molar-refractivity contribution is 7.92. The minimum Gasteiger partial charge on any atom is -0.294 e. The van der Waals surface area contributed by atoms with Crippen molar-refractivity contribution in [2.24, 2.45) is 0 Å². The molecule has 1 heterocycles. The van der Waals surface area contributed by atoms with Crippen molar-refractivity contribution < 1.29 is 47.9 Å². The molecule has 43 heavy (non-hydrogen) atoms. The third-order valence-corrected chi connectivity index (χ3v) is 10.9. The maximum atomic E-state index is 14.9. The first-order valence-electron chi connectivity index (χ1n) is 12.9. The van der Waals surface area contributed by atoms with Crippen molar-refractivity contribution >= 4 is 9.84 Å². The van der Waals surface area contributed by atoms with Gasteiger partial charge in [-0.05, 0) is 72.4 Å². The summed E-state index contributed by atoms with van der Waals surface area (Å²) in [6.45, 7) is 0.0865. The fourth-order valence-corrected chi connectivity index (χ4v) is 8.71. The quantitative estimate of drug-likeness (QED) is 0.224. The highest BCUT2D eigenvalue weighted by atomic mass is 32.2. The van der Waals surface area contributed by atoms with E-state index >= 15 is 0 Å². The van der Waals surface area contributed by atoms with Gasteiger partial charge in [0.2, 0.25) is 0 Å². The molecule has 1 aliphatic heterocycles. The molecule has 0 amide bonds. The fraction of sp³-hybridized carbons (Fsp3) is 0.345. The van der Waals surface area contributed by atoms with Crippen LogP contribution in [-0.4, -0.2) is 38.3 Å². The molecule has 2 aliphatic rings. The van der Waals surface area contributed by atoms with Gasteiger partial charge in [-0.25, -0.2) is 21.6 Å². The largest absolute Gasteiger partial charge is 0.435 e. The summed E-state index contributed by atoms with van der Waals surface area (Å²) in [5, 5.41) is 9.01. The Morgan fingerprint density at radius 3 is 2.14 bits per heavy atom. The van der Waals surface area contributed by atoms with Gasteiger partial charge in [-0.2, -0.15) is 31.6 Å². The molecule has 0 spiro atoms. The van der Waals surface area contributed by atoms with Crippen LogP contribution in [0.5, 0.6) is 0 Å². The van der Waals surface area contributed by atoms with Crippen LogP contribution in [0.1, 0.15) is 40.7 Å². The van der Waals surface area contributed by atoms with Crippen LogP contribution in [0, 0.1) is 23.0 Å². The maximum Gasteiger partial charge on any atom is 0.435 e. The van der Waals surface area contributed by atoms with Crippen LogP contribution in [0.3, 0.4) is 0 Å². The normalized spacial score (nSPS) is 21.3. The number of nitriles is 1. The second-order valence-corrected chi connectivity index (χ2v) is 12.8. The monoisotopic (exact) mass is 632 g/mol. The van der Waals surface area contributed by atoms with Gasteiger partial charge in [0.1, 0.15) is 22.5 Å². The molecular formula is C29H21F9N2O2S. The lowest BCUT2D eigenvalue weighted by atomic mass is 9.76. The molecule has 3 aromatic rings. The van der Waals surface area contributed by atoms with Crippen molar-refractivity contribution in [1.29, 1.82) is 5.26 Å². The summed E-state index contributed by atoms with van der Waals surface area (Å²) in [5.41, 5.74) is -7.51. The van der Waals surface area contributed by atoms with Crippen molar-refractivity contribution in [1.82, 2.24) is 4.90 Å². The van der Waals surface area contributed by atoms with E-state index in [1.54, 1.807) is 11.0 Å². The summed E-state index contributed by atoms with van der Waals surface area (Å²) in [5.74, 6) is -1.54. The molecule has 1 aliphatic carbocycles. The molecule has 4 nitrogen and oxygen atoms in total. The zero-order chi connectivity index (χ0) is 31.6. The number of sulfone groups is 1. The summed E-state index contributed by atoms with van der Waals surface area (Å²) in [6, 6.07) is 10.0. The number of aryl methyl sites for hydroxylation is 1. The standard InChI is InChI=1S/C29H21F9N2O2S/c30-21-5-7-22(8-6-21)43(41,42)26-11-12-40(16-17-1-2-19(15-39)24(31)13-17)25(26)10-3-18-14-20(4-9-23(18)26)27(32,28(33,34)35)29(36,37)38/h1-2,4-9,13-14,25H,3,10-12,16H2/t25-,26-/m0/s1. The number of likely N-dealkylation sites (tertiary alicyclic amines) is 1. The van der Waals surface area contributed by atoms with Crippen molar-refractivity contribution in [2.75, 3.05) is 6.54 Å². The van der Waals surface area contributed by atoms with E-state index in [4.69, 9.17) is 5.26 Å². The topological polar surface area (TPSA) is 61.2 Å². The number of benzene rings is 3. The Kier molecular flexibility index (Phi) is 7.37. The third kappa shape index (κ3) is 4.68. The highest BCUT2D eigenvalue weighted by Crippen LogP contribution is 2.56. The van der Waals surface area contributed by atoms with E-state index in [1.807, 2.05) is 0 Å². The fourth-order valence-electron chi connectivity index (χ4n) is 6.32. The Balaban J connectivity index is 1.66. The molecule has 228 valence electrons. The second-order valence-electron chi connectivity index (χ2n) is 10.6. The first kappa shape index (κ1) is 30.9. The van der Waals surface area contributed by atoms with Crippen LogP contribution in [-0.2, 0) is 33.2 Å². The predicted molar refractivity (Wildman–Crippen MR) is 135 cm³/mol. The van der Waals surface area contributed by atoms with Gasteiger partial charge in [-0.1, -0.05) is 24.3 Å². The Hall–Kier alpha value is -3.57. The summed E-state index contributed by atoms with van der Waals surface area (Å²) in [7, 11) is -4.50. The van der Waals surface area contributed by atoms with Gasteiger partial charge in [-0.15, -0.1) is 0 Å². The van der Waals surface area contributed by atoms with Crippen LogP contribution in [0.15, 0.2) is 65.6 Å². The number of hydrogen-bond donors (Lipinski definition) is 0. The van der Waals surface area contributed by atoms with Crippen molar-refractivity contribution in [3.63, 3.8) is 0 Å². The van der Waals surface area contributed by atoms with E-state index in [1.165, 1.54) is 12.1 Å². The number of rotatable bonds is 5. The predicted octanol–water partition coefficient (Wildman–Crippen LogP) is 7.02. The molecule has 0 unspecified atom stereocenters. The van der Waals surface area contributed by atoms with Crippen LogP contribution < -0.4 is 0 Å². The van der Waals surface area contributed by atoms with Gasteiger partial charge in [-0.3, -0.25) is 4.90 Å². The van der Waals surface area contributed by atoms with E-state index in [9.17, 15) is 47.9 Å². The molecule has 14 heteroatoms. The van der Waals surface area contributed by atoms with Gasteiger partial charge in [0.15, 0.2) is 9.84 Å². The minimum absolute atomic E-state index is 0.0111. The molecule has 2 atom stereocenters. The van der Waals surface area contributed by atoms with E-state index in [2.05, 4.69) is 0 Å². The van der Waals surface area contributed by atoms with Crippen molar-refractivity contribution in [2.45, 2.75) is 59.5 Å². The number of halogens is 9. The Labute approximate surface area is 240 Å². The number of hydrogen-bond acceptors (Lipinski definition) is 4. The minimum atomic E-state index is -6.35. The first-order valence-corrected chi connectivity index (χ1v) is 14.3. The molecular weight excluding hydrogens is 611 g/mol. The summed E-state index contributed by atoms with van der Waals surface area (Å²) < 4.78 is 151. The zero-order valence-electron chi connectivity index (χ0n) is 21.9. The molecule has 3 aromatic carbocycles. The smallest absolute Gasteiger partial charge is 0.294 e. The molecule has 0 radical (unpaired) electrons. The van der Waals surface area contributed by atoms with E-state index < -0.39 is 55.8 Å². The average molecular weight is 633 g/mol. The van der Waals surface area contributed by atoms with Crippen LogP contribution in [0.2, 0.25) is 0 Å². The lowest BCUT2D eigenvalue weighted by Gasteiger charge is -2.43. The zero-order valence-corrected chi connectivity index (χ0v) is 22.7. The molecule has 1 saturated heterocycles. The number of nitrogens with zero attached hydrogens (tertiary/aromatic N) is 2. The first-order chi connectivity index (χ1) is 20.0. The number of alkyl halides is 7. The lowest BCUT2D eigenvalue weighted by molar-refractivity contribution is -0.348. The Morgan fingerprint density at radius 1 is 0.907 bits per heavy atom. The lowest BCUT2D eigenvalue weighted by Crippen LogP contribution is -2.52. The van der Waals surface area contributed by atoms with Crippen LogP contribution in [0.4, 0.5) is 39.5 Å². The maximum absolute atomic E-state index is 14.9. The van der Waals surface area contributed by atoms with E-state index in [0.29, 0.717) is 17.7 Å². The van der Waals surface area contributed by atoms with Gasteiger partial charge in [0.05, 0.1) is 10.5 Å². The van der Waals surface area contributed by atoms with E-state index in [0.717, 1.165) is 36.4 Å². The Bertz CT molecular complexity index is 1700. The molecule has 0 N–H and O–H groups in total. The van der Waals surface area contributed by atoms with E-state index in [-0.39, 0.29) is 53.9 Å². The van der Waals surface area contributed by atoms with Crippen LogP contribution >= 0.6 is 0 Å². The van der Waals surface area contributed by atoms with Crippen molar-refractivity contribution in [3.8, 4) is 6.07 Å². The van der Waals surface area contributed by atoms with Gasteiger partial charge < -0.3 is 0 Å². The summed E-state index contributed by atoms with van der Waals surface area (Å²) >= 11 is 0. The average Bonchev–Trinajstić information content (AvgIpc) is 3.31. The summed E-state index contributed by atoms with van der Waals surface area (Å²) in [6.07, 6.45) is -13.1. The molecule has 0 saturated carbocycles. The SMILES string of the molecule is N#Cc1ccc(CN2CC[C@]3(S(=O)(=O)c4ccc(F)cc4)c4ccc(C(F)(C(F)(F)F)C(F)(F)F)cc4CC[C@H]23)cc1F.